The molecule has 1 aliphatic carbocycles. The summed E-state index contributed by atoms with van der Waals surface area (Å²) in [5.74, 6) is 0.786. The van der Waals surface area contributed by atoms with Crippen LogP contribution in [-0.2, 0) is 16.1 Å². The largest absolute Gasteiger partial charge is 0.494 e. The molecule has 0 aromatic heterocycles. The summed E-state index contributed by atoms with van der Waals surface area (Å²) < 4.78 is 11.3. The quantitative estimate of drug-likeness (QED) is 0.250. The number of rotatable bonds is 10. The lowest BCUT2D eigenvalue weighted by molar-refractivity contribution is -0.144. The van der Waals surface area contributed by atoms with Crippen molar-refractivity contribution in [2.75, 3.05) is 18.5 Å². The Labute approximate surface area is 190 Å². The average Bonchev–Trinajstić information content (AvgIpc) is 3.32. The van der Waals surface area contributed by atoms with Gasteiger partial charge >= 0.3 is 5.97 Å². The molecule has 0 spiro atoms. The van der Waals surface area contributed by atoms with Gasteiger partial charge in [-0.05, 0) is 85.7 Å². The summed E-state index contributed by atoms with van der Waals surface area (Å²) in [5.41, 5.74) is 16.1. The van der Waals surface area contributed by atoms with Crippen LogP contribution in [0.2, 0.25) is 0 Å². The molecule has 3 rings (SSSR count). The van der Waals surface area contributed by atoms with Gasteiger partial charge in [0.15, 0.2) is 6.04 Å². The number of carbonyl (C=O) groups excluding carboxylic acids is 1. The third kappa shape index (κ3) is 5.40. The number of benzene rings is 2. The van der Waals surface area contributed by atoms with Gasteiger partial charge in [0.05, 0.1) is 13.2 Å². The maximum Gasteiger partial charge on any atom is 0.333 e. The lowest BCUT2D eigenvalue weighted by Gasteiger charge is -2.26. The van der Waals surface area contributed by atoms with Gasteiger partial charge in [0.1, 0.15) is 11.6 Å². The predicted molar refractivity (Wildman–Crippen MR) is 127 cm³/mol. The van der Waals surface area contributed by atoms with Gasteiger partial charge in [0, 0.05) is 17.8 Å². The number of nitrogens with one attached hydrogen (secondary N) is 2. The van der Waals surface area contributed by atoms with Gasteiger partial charge in [-0.25, -0.2) is 4.79 Å². The second kappa shape index (κ2) is 11.0. The molecule has 0 heterocycles. The maximum atomic E-state index is 13.1. The molecule has 1 unspecified atom stereocenters. The van der Waals surface area contributed by atoms with E-state index in [9.17, 15) is 4.79 Å². The molecule has 0 aliphatic heterocycles. The third-order valence-corrected chi connectivity index (χ3v) is 5.94. The lowest BCUT2D eigenvalue weighted by Crippen LogP contribution is -2.26. The minimum absolute atomic E-state index is 0.00506. The normalized spacial score (nSPS) is 14.7. The van der Waals surface area contributed by atoms with Crippen molar-refractivity contribution in [3.63, 3.8) is 0 Å². The van der Waals surface area contributed by atoms with Crippen molar-refractivity contribution in [1.29, 1.82) is 5.41 Å². The number of carbonyl (C=O) groups is 1. The van der Waals surface area contributed by atoms with E-state index in [-0.39, 0.29) is 18.4 Å². The van der Waals surface area contributed by atoms with Crippen LogP contribution >= 0.6 is 0 Å². The van der Waals surface area contributed by atoms with E-state index in [0.29, 0.717) is 24.6 Å². The topological polar surface area (TPSA) is 123 Å². The van der Waals surface area contributed by atoms with Crippen molar-refractivity contribution in [1.82, 2.24) is 0 Å². The van der Waals surface area contributed by atoms with Gasteiger partial charge in [-0.3, -0.25) is 5.41 Å². The van der Waals surface area contributed by atoms with E-state index in [2.05, 4.69) is 11.4 Å². The molecule has 0 radical (unpaired) electrons. The van der Waals surface area contributed by atoms with Crippen molar-refractivity contribution in [3.05, 3.63) is 58.7 Å². The standard InChI is InChI=1S/C25H34N4O3/c1-3-31-19-13-20(16-7-5-6-8-16)22(15-26)21(14-19)23(25(30)32-4-2)29-18-11-9-17(10-12-18)24(27)28/h9-14,16,23,29H,3-8,15,26H2,1-2H3,(H3,27,28). The number of hydrogen-bond acceptors (Lipinski definition) is 6. The number of anilines is 1. The molecule has 172 valence electrons. The second-order valence-electron chi connectivity index (χ2n) is 8.02. The highest BCUT2D eigenvalue weighted by Gasteiger charge is 2.29. The predicted octanol–water partition coefficient (Wildman–Crippen LogP) is 4.20. The van der Waals surface area contributed by atoms with Gasteiger partial charge < -0.3 is 26.3 Å². The van der Waals surface area contributed by atoms with Crippen molar-refractivity contribution in [2.24, 2.45) is 11.5 Å². The van der Waals surface area contributed by atoms with Gasteiger partial charge in [-0.2, -0.15) is 0 Å². The summed E-state index contributed by atoms with van der Waals surface area (Å²) in [5, 5.41) is 10.9. The fourth-order valence-electron chi connectivity index (χ4n) is 4.44. The van der Waals surface area contributed by atoms with Crippen LogP contribution in [0.1, 0.15) is 73.7 Å². The first-order valence-electron chi connectivity index (χ1n) is 11.4. The molecule has 6 N–H and O–H groups in total. The van der Waals surface area contributed by atoms with Crippen molar-refractivity contribution < 1.29 is 14.3 Å². The van der Waals surface area contributed by atoms with Crippen LogP contribution in [0.3, 0.4) is 0 Å². The minimum atomic E-state index is -0.739. The Bertz CT molecular complexity index is 937. The fraction of sp³-hybridized carbons (Fsp3) is 0.440. The summed E-state index contributed by atoms with van der Waals surface area (Å²) in [4.78, 5) is 13.1. The Morgan fingerprint density at radius 1 is 1.16 bits per heavy atom. The van der Waals surface area contributed by atoms with E-state index in [0.717, 1.165) is 35.4 Å². The van der Waals surface area contributed by atoms with Crippen LogP contribution < -0.4 is 21.5 Å². The van der Waals surface area contributed by atoms with Crippen molar-refractivity contribution in [3.8, 4) is 5.75 Å². The molecule has 7 nitrogen and oxygen atoms in total. The maximum absolute atomic E-state index is 13.1. The first-order chi connectivity index (χ1) is 15.5. The molecular weight excluding hydrogens is 404 g/mol. The summed E-state index contributed by atoms with van der Waals surface area (Å²) in [6.45, 7) is 4.88. The SMILES string of the molecule is CCOC(=O)C(Nc1ccc(C(=N)N)cc1)c1cc(OCC)cc(C2CCCC2)c1CN. The Morgan fingerprint density at radius 2 is 1.84 bits per heavy atom. The zero-order valence-corrected chi connectivity index (χ0v) is 18.9. The zero-order valence-electron chi connectivity index (χ0n) is 18.9. The Balaban J connectivity index is 2.07. The first-order valence-corrected chi connectivity index (χ1v) is 11.4. The van der Waals surface area contributed by atoms with Crippen LogP contribution in [-0.4, -0.2) is 25.0 Å². The number of ether oxygens (including phenoxy) is 2. The number of nitrogen functional groups attached to an aromatic ring is 1. The lowest BCUT2D eigenvalue weighted by atomic mass is 9.87. The van der Waals surface area contributed by atoms with Crippen LogP contribution in [0.5, 0.6) is 5.75 Å². The Kier molecular flexibility index (Phi) is 8.11. The Hall–Kier alpha value is -3.06. The second-order valence-corrected chi connectivity index (χ2v) is 8.02. The van der Waals surface area contributed by atoms with Crippen molar-refractivity contribution >= 4 is 17.5 Å². The summed E-state index contributed by atoms with van der Waals surface area (Å²) >= 11 is 0. The molecule has 2 aromatic rings. The van der Waals surface area contributed by atoms with E-state index in [4.69, 9.17) is 26.4 Å². The number of esters is 1. The van der Waals surface area contributed by atoms with Crippen LogP contribution in [0.4, 0.5) is 5.69 Å². The monoisotopic (exact) mass is 438 g/mol. The van der Waals surface area contributed by atoms with E-state index >= 15 is 0 Å². The molecular formula is C25H34N4O3. The number of amidine groups is 1. The van der Waals surface area contributed by atoms with E-state index in [1.54, 1.807) is 31.2 Å². The van der Waals surface area contributed by atoms with Gasteiger partial charge in [-0.15, -0.1) is 0 Å². The number of hydrogen-bond donors (Lipinski definition) is 4. The summed E-state index contributed by atoms with van der Waals surface area (Å²) in [6.07, 6.45) is 4.63. The molecule has 0 bridgehead atoms. The molecule has 0 saturated heterocycles. The van der Waals surface area contributed by atoms with Gasteiger partial charge in [-0.1, -0.05) is 12.8 Å². The molecule has 1 atom stereocenters. The van der Waals surface area contributed by atoms with Gasteiger partial charge in [0.25, 0.3) is 0 Å². The molecule has 2 aromatic carbocycles. The minimum Gasteiger partial charge on any atom is -0.494 e. The van der Waals surface area contributed by atoms with Crippen LogP contribution in [0.25, 0.3) is 0 Å². The highest BCUT2D eigenvalue weighted by Crippen LogP contribution is 2.40. The van der Waals surface area contributed by atoms with E-state index in [1.165, 1.54) is 18.4 Å². The van der Waals surface area contributed by atoms with Gasteiger partial charge in [0.2, 0.25) is 0 Å². The molecule has 1 aliphatic rings. The van der Waals surface area contributed by atoms with E-state index in [1.807, 2.05) is 13.0 Å². The molecule has 1 saturated carbocycles. The molecule has 0 amide bonds. The summed E-state index contributed by atoms with van der Waals surface area (Å²) in [6, 6.07) is 10.4. The zero-order chi connectivity index (χ0) is 23.1. The summed E-state index contributed by atoms with van der Waals surface area (Å²) in [7, 11) is 0. The molecule has 7 heteroatoms. The molecule has 1 fully saturated rings. The Morgan fingerprint density at radius 3 is 2.41 bits per heavy atom. The first kappa shape index (κ1) is 23.6. The van der Waals surface area contributed by atoms with E-state index < -0.39 is 6.04 Å². The smallest absolute Gasteiger partial charge is 0.333 e. The van der Waals surface area contributed by atoms with Crippen LogP contribution in [0, 0.1) is 5.41 Å². The van der Waals surface area contributed by atoms with Crippen molar-refractivity contribution in [2.45, 2.75) is 58.0 Å². The average molecular weight is 439 g/mol. The highest BCUT2D eigenvalue weighted by atomic mass is 16.5. The fourth-order valence-corrected chi connectivity index (χ4v) is 4.44. The third-order valence-electron chi connectivity index (χ3n) is 5.94. The number of nitrogens with two attached hydrogens (primary N) is 2. The molecule has 32 heavy (non-hydrogen) atoms. The van der Waals surface area contributed by atoms with Crippen LogP contribution in [0.15, 0.2) is 36.4 Å². The highest BCUT2D eigenvalue weighted by molar-refractivity contribution is 5.95.